The van der Waals surface area contributed by atoms with Crippen LogP contribution < -0.4 is 0 Å². The van der Waals surface area contributed by atoms with Crippen LogP contribution in [0.3, 0.4) is 0 Å². The van der Waals surface area contributed by atoms with Gasteiger partial charge in [0.15, 0.2) is 0 Å². The standard InChI is InChI=1S/C12H23Br/c1-2-7-12(10-6-11-13)8-4-3-5-9-12/h2-11H2,1H3. The van der Waals surface area contributed by atoms with E-state index in [0.29, 0.717) is 0 Å². The van der Waals surface area contributed by atoms with Crippen LogP contribution in [0.4, 0.5) is 0 Å². The highest BCUT2D eigenvalue weighted by molar-refractivity contribution is 9.09. The minimum Gasteiger partial charge on any atom is -0.0928 e. The molecular formula is C12H23Br. The predicted molar refractivity (Wildman–Crippen MR) is 63.5 cm³/mol. The zero-order valence-electron chi connectivity index (χ0n) is 8.95. The molecule has 13 heavy (non-hydrogen) atoms. The van der Waals surface area contributed by atoms with Crippen molar-refractivity contribution in [3.05, 3.63) is 0 Å². The summed E-state index contributed by atoms with van der Waals surface area (Å²) in [5, 5.41) is 1.19. The minimum absolute atomic E-state index is 0.751. The van der Waals surface area contributed by atoms with Crippen molar-refractivity contribution in [3.8, 4) is 0 Å². The molecule has 1 aliphatic carbocycles. The molecule has 0 aromatic rings. The first kappa shape index (κ1) is 11.6. The van der Waals surface area contributed by atoms with Crippen molar-refractivity contribution in [1.29, 1.82) is 0 Å². The van der Waals surface area contributed by atoms with Gasteiger partial charge in [0, 0.05) is 5.33 Å². The summed E-state index contributed by atoms with van der Waals surface area (Å²) in [7, 11) is 0. The van der Waals surface area contributed by atoms with Gasteiger partial charge in [0.2, 0.25) is 0 Å². The maximum Gasteiger partial charge on any atom is 0.00315 e. The van der Waals surface area contributed by atoms with Gasteiger partial charge in [0.25, 0.3) is 0 Å². The van der Waals surface area contributed by atoms with Gasteiger partial charge in [-0.1, -0.05) is 48.5 Å². The molecule has 0 atom stereocenters. The Morgan fingerprint density at radius 1 is 1.08 bits per heavy atom. The summed E-state index contributed by atoms with van der Waals surface area (Å²) in [4.78, 5) is 0. The molecule has 0 N–H and O–H groups in total. The fourth-order valence-electron chi connectivity index (χ4n) is 2.90. The Hall–Kier alpha value is 0.480. The van der Waals surface area contributed by atoms with Crippen molar-refractivity contribution in [2.45, 2.75) is 64.7 Å². The molecule has 0 radical (unpaired) electrons. The van der Waals surface area contributed by atoms with Crippen molar-refractivity contribution in [2.75, 3.05) is 5.33 Å². The van der Waals surface area contributed by atoms with Gasteiger partial charge >= 0.3 is 0 Å². The van der Waals surface area contributed by atoms with E-state index >= 15 is 0 Å². The predicted octanol–water partition coefficient (Wildman–Crippen LogP) is 4.91. The summed E-state index contributed by atoms with van der Waals surface area (Å²) in [5.41, 5.74) is 0.751. The summed E-state index contributed by atoms with van der Waals surface area (Å²) < 4.78 is 0. The van der Waals surface area contributed by atoms with Crippen molar-refractivity contribution >= 4 is 15.9 Å². The molecular weight excluding hydrogens is 224 g/mol. The first-order valence-electron chi connectivity index (χ1n) is 5.89. The van der Waals surface area contributed by atoms with E-state index in [1.54, 1.807) is 0 Å². The zero-order chi connectivity index (χ0) is 9.57. The van der Waals surface area contributed by atoms with Crippen LogP contribution in [0.2, 0.25) is 0 Å². The molecule has 0 spiro atoms. The minimum atomic E-state index is 0.751. The molecule has 0 saturated heterocycles. The maximum atomic E-state index is 3.55. The molecule has 0 amide bonds. The van der Waals surface area contributed by atoms with Crippen LogP contribution in [0.25, 0.3) is 0 Å². The molecule has 1 rings (SSSR count). The van der Waals surface area contributed by atoms with E-state index in [-0.39, 0.29) is 0 Å². The second kappa shape index (κ2) is 6.06. The van der Waals surface area contributed by atoms with Crippen molar-refractivity contribution < 1.29 is 0 Å². The van der Waals surface area contributed by atoms with E-state index in [1.807, 2.05) is 0 Å². The molecule has 78 valence electrons. The van der Waals surface area contributed by atoms with Gasteiger partial charge in [-0.2, -0.15) is 0 Å². The van der Waals surface area contributed by atoms with Gasteiger partial charge in [0.05, 0.1) is 0 Å². The molecule has 1 saturated carbocycles. The maximum absolute atomic E-state index is 3.55. The Balaban J connectivity index is 2.40. The molecule has 0 unspecified atom stereocenters. The van der Waals surface area contributed by atoms with E-state index in [9.17, 15) is 0 Å². The smallest absolute Gasteiger partial charge is 0.00315 e. The molecule has 1 aliphatic rings. The van der Waals surface area contributed by atoms with Crippen LogP contribution in [0.5, 0.6) is 0 Å². The Labute approximate surface area is 91.6 Å². The van der Waals surface area contributed by atoms with E-state index in [2.05, 4.69) is 22.9 Å². The number of halogens is 1. The first-order valence-corrected chi connectivity index (χ1v) is 7.01. The van der Waals surface area contributed by atoms with E-state index in [4.69, 9.17) is 0 Å². The molecule has 1 fully saturated rings. The molecule has 0 nitrogen and oxygen atoms in total. The number of hydrogen-bond acceptors (Lipinski definition) is 0. The van der Waals surface area contributed by atoms with E-state index < -0.39 is 0 Å². The van der Waals surface area contributed by atoms with Crippen LogP contribution in [0.15, 0.2) is 0 Å². The van der Waals surface area contributed by atoms with Crippen LogP contribution >= 0.6 is 15.9 Å². The summed E-state index contributed by atoms with van der Waals surface area (Å²) in [6.45, 7) is 2.34. The lowest BCUT2D eigenvalue weighted by molar-refractivity contribution is 0.155. The second-order valence-electron chi connectivity index (χ2n) is 4.60. The van der Waals surface area contributed by atoms with Gasteiger partial charge in [-0.15, -0.1) is 0 Å². The first-order chi connectivity index (χ1) is 6.33. The number of alkyl halides is 1. The van der Waals surface area contributed by atoms with Crippen LogP contribution in [0.1, 0.15) is 64.7 Å². The van der Waals surface area contributed by atoms with Gasteiger partial charge in [-0.25, -0.2) is 0 Å². The van der Waals surface area contributed by atoms with Gasteiger partial charge in [-0.05, 0) is 37.5 Å². The van der Waals surface area contributed by atoms with Gasteiger partial charge in [-0.3, -0.25) is 0 Å². The third-order valence-electron chi connectivity index (χ3n) is 3.54. The van der Waals surface area contributed by atoms with Gasteiger partial charge in [0.1, 0.15) is 0 Å². The van der Waals surface area contributed by atoms with Gasteiger partial charge < -0.3 is 0 Å². The van der Waals surface area contributed by atoms with Crippen molar-refractivity contribution in [2.24, 2.45) is 5.41 Å². The summed E-state index contributed by atoms with van der Waals surface area (Å²) >= 11 is 3.55. The van der Waals surface area contributed by atoms with E-state index in [0.717, 1.165) is 5.41 Å². The highest BCUT2D eigenvalue weighted by atomic mass is 79.9. The lowest BCUT2D eigenvalue weighted by atomic mass is 9.69. The fraction of sp³-hybridized carbons (Fsp3) is 1.00. The highest BCUT2D eigenvalue weighted by Gasteiger charge is 2.29. The second-order valence-corrected chi connectivity index (χ2v) is 5.40. The summed E-state index contributed by atoms with van der Waals surface area (Å²) in [5.74, 6) is 0. The Kier molecular flexibility index (Phi) is 5.38. The Morgan fingerprint density at radius 2 is 1.77 bits per heavy atom. The topological polar surface area (TPSA) is 0 Å². The van der Waals surface area contributed by atoms with Crippen LogP contribution in [-0.4, -0.2) is 5.33 Å². The van der Waals surface area contributed by atoms with Crippen molar-refractivity contribution in [3.63, 3.8) is 0 Å². The molecule has 1 heteroatoms. The lowest BCUT2D eigenvalue weighted by Gasteiger charge is -2.37. The lowest BCUT2D eigenvalue weighted by Crippen LogP contribution is -2.24. The van der Waals surface area contributed by atoms with Crippen LogP contribution in [0, 0.1) is 5.41 Å². The molecule has 0 aromatic heterocycles. The number of hydrogen-bond donors (Lipinski definition) is 0. The third-order valence-corrected chi connectivity index (χ3v) is 4.10. The van der Waals surface area contributed by atoms with Crippen LogP contribution in [-0.2, 0) is 0 Å². The molecule has 0 bridgehead atoms. The van der Waals surface area contributed by atoms with E-state index in [1.165, 1.54) is 63.1 Å². The fourth-order valence-corrected chi connectivity index (χ4v) is 3.18. The molecule has 0 heterocycles. The SMILES string of the molecule is CCCC1(CCCBr)CCCCC1. The third kappa shape index (κ3) is 3.61. The highest BCUT2D eigenvalue weighted by Crippen LogP contribution is 2.43. The number of rotatable bonds is 5. The zero-order valence-corrected chi connectivity index (χ0v) is 10.5. The normalized spacial score (nSPS) is 21.7. The quantitative estimate of drug-likeness (QED) is 0.605. The molecule has 0 aliphatic heterocycles. The van der Waals surface area contributed by atoms with Crippen molar-refractivity contribution in [1.82, 2.24) is 0 Å². The monoisotopic (exact) mass is 246 g/mol. The summed E-state index contributed by atoms with van der Waals surface area (Å²) in [6, 6.07) is 0. The summed E-state index contributed by atoms with van der Waals surface area (Å²) in [6.07, 6.45) is 13.2. The average molecular weight is 247 g/mol. The Morgan fingerprint density at radius 3 is 2.31 bits per heavy atom. The average Bonchev–Trinajstić information content (AvgIpc) is 2.17. The molecule has 0 aromatic carbocycles. The Bertz CT molecular complexity index is 120. The largest absolute Gasteiger partial charge is 0.0928 e.